The summed E-state index contributed by atoms with van der Waals surface area (Å²) in [6.07, 6.45) is -18.8. The number of ether oxygens (including phenoxy) is 1. The van der Waals surface area contributed by atoms with Gasteiger partial charge in [0.15, 0.2) is 0 Å². The van der Waals surface area contributed by atoms with Crippen molar-refractivity contribution in [3.05, 3.63) is 0 Å². The van der Waals surface area contributed by atoms with Gasteiger partial charge in [0.25, 0.3) is 0 Å². The van der Waals surface area contributed by atoms with Crippen LogP contribution in [0.5, 0.6) is 0 Å². The maximum atomic E-state index is 11.9. The van der Waals surface area contributed by atoms with Gasteiger partial charge in [0.05, 0.1) is 12.8 Å². The van der Waals surface area contributed by atoms with E-state index in [0.29, 0.717) is 0 Å². The molecule has 0 heterocycles. The van der Waals surface area contributed by atoms with Crippen LogP contribution in [0.3, 0.4) is 0 Å². The van der Waals surface area contributed by atoms with Crippen LogP contribution in [0.4, 0.5) is 31.1 Å². The minimum absolute atomic E-state index is 2.05. The number of rotatable bonds is 4. The molecule has 0 spiro atoms. The van der Waals surface area contributed by atoms with Gasteiger partial charge in [0.1, 0.15) is 6.10 Å². The van der Waals surface area contributed by atoms with Crippen LogP contribution >= 0.6 is 8.25 Å². The molecule has 1 unspecified atom stereocenters. The van der Waals surface area contributed by atoms with Crippen molar-refractivity contribution in [1.29, 1.82) is 0 Å². The lowest BCUT2D eigenvalue weighted by molar-refractivity contribution is -0.186. The van der Waals surface area contributed by atoms with E-state index in [9.17, 15) is 35.7 Å². The number of hydrogen-bond acceptors (Lipinski definition) is 4. The quantitative estimate of drug-likeness (QED) is 0.491. The molecule has 0 bridgehead atoms. The molecule has 0 fully saturated rings. The highest BCUT2D eigenvalue weighted by atomic mass is 31.1. The molecule has 5 nitrogen and oxygen atoms in total. The highest BCUT2D eigenvalue weighted by molar-refractivity contribution is 7.32. The summed E-state index contributed by atoms with van der Waals surface area (Å²) in [4.78, 5) is 18.6. The van der Waals surface area contributed by atoms with Crippen molar-refractivity contribution in [3.8, 4) is 0 Å². The average Bonchev–Trinajstić information content (AvgIpc) is 1.92. The van der Waals surface area contributed by atoms with E-state index in [4.69, 9.17) is 4.89 Å². The van der Waals surface area contributed by atoms with Crippen molar-refractivity contribution in [1.82, 2.24) is 0 Å². The van der Waals surface area contributed by atoms with Crippen molar-refractivity contribution in [3.63, 3.8) is 0 Å². The van der Waals surface area contributed by atoms with E-state index in [1.54, 1.807) is 0 Å². The number of carbonyl (C=O) groups is 1. The fourth-order valence-electron chi connectivity index (χ4n) is 0.893. The van der Waals surface area contributed by atoms with E-state index in [0.717, 1.165) is 0 Å². The molecule has 1 N–H and O–H groups in total. The highest BCUT2D eigenvalue weighted by Gasteiger charge is 2.42. The number of carbonyl (C=O) groups excluding carboxylic acids is 1. The van der Waals surface area contributed by atoms with Gasteiger partial charge in [-0.3, -0.25) is 0 Å². The topological polar surface area (TPSA) is 72.8 Å². The van der Waals surface area contributed by atoms with Gasteiger partial charge in [-0.25, -0.2) is 0 Å². The molecule has 0 amide bonds. The predicted molar refractivity (Wildman–Crippen MR) is 42.5 cm³/mol. The maximum Gasteiger partial charge on any atom is 0.753 e. The number of hydrogen-bond donors (Lipinski definition) is 1. The van der Waals surface area contributed by atoms with E-state index in [-0.39, 0.29) is 0 Å². The van der Waals surface area contributed by atoms with Crippen molar-refractivity contribution in [2.45, 2.75) is 31.3 Å². The largest absolute Gasteiger partial charge is 0.753 e. The minimum atomic E-state index is -5.00. The molecule has 0 aliphatic heterocycles. The lowest BCUT2D eigenvalue weighted by Gasteiger charge is -2.18. The van der Waals surface area contributed by atoms with Gasteiger partial charge in [-0.2, -0.15) is 31.1 Å². The molecular formula is C6H6F6O5P+. The first-order valence-electron chi connectivity index (χ1n) is 4.07. The smallest absolute Gasteiger partial charge is 0.427 e. The van der Waals surface area contributed by atoms with Gasteiger partial charge in [-0.15, -0.1) is 9.42 Å². The van der Waals surface area contributed by atoms with Crippen LogP contribution in [-0.4, -0.2) is 29.5 Å². The normalized spacial score (nSPS) is 13.4. The molecular weight excluding hydrogens is 297 g/mol. The second kappa shape index (κ2) is 6.19. The Morgan fingerprint density at radius 3 is 1.78 bits per heavy atom. The fourth-order valence-corrected chi connectivity index (χ4v) is 1.06. The van der Waals surface area contributed by atoms with Gasteiger partial charge in [0.2, 0.25) is 0 Å². The monoisotopic (exact) mass is 303 g/mol. The summed E-state index contributed by atoms with van der Waals surface area (Å²) >= 11 is 0. The molecule has 0 saturated carbocycles. The summed E-state index contributed by atoms with van der Waals surface area (Å²) in [6.45, 7) is 0. The van der Waals surface area contributed by atoms with Gasteiger partial charge >= 0.3 is 26.8 Å². The van der Waals surface area contributed by atoms with E-state index in [1.807, 2.05) is 0 Å². The van der Waals surface area contributed by atoms with E-state index < -0.39 is 45.7 Å². The molecule has 12 heteroatoms. The van der Waals surface area contributed by atoms with E-state index in [2.05, 4.69) is 9.26 Å². The third kappa shape index (κ3) is 10.1. The summed E-state index contributed by atoms with van der Waals surface area (Å²) in [5.41, 5.74) is 0. The summed E-state index contributed by atoms with van der Waals surface area (Å²) in [5, 5.41) is 0. The zero-order valence-corrected chi connectivity index (χ0v) is 9.18. The first-order chi connectivity index (χ1) is 7.89. The molecule has 0 aromatic rings. The zero-order chi connectivity index (χ0) is 14.6. The summed E-state index contributed by atoms with van der Waals surface area (Å²) < 4.78 is 88.3. The lowest BCUT2D eigenvalue weighted by Crippen LogP contribution is -2.29. The lowest BCUT2D eigenvalue weighted by atomic mass is 10.2. The first kappa shape index (κ1) is 16.9. The maximum absolute atomic E-state index is 11.9. The SMILES string of the molecule is O=C(OC(CC(F)(F)F)CC(F)(F)F)O[P+](=O)O. The van der Waals surface area contributed by atoms with Crippen LogP contribution in [0, 0.1) is 0 Å². The molecule has 0 saturated heterocycles. The molecule has 0 radical (unpaired) electrons. The Kier molecular flexibility index (Phi) is 5.81. The highest BCUT2D eigenvalue weighted by Crippen LogP contribution is 2.31. The Balaban J connectivity index is 4.57. The van der Waals surface area contributed by atoms with Crippen LogP contribution in [0.15, 0.2) is 0 Å². The van der Waals surface area contributed by atoms with Crippen molar-refractivity contribution < 1.29 is 49.9 Å². The fraction of sp³-hybridized carbons (Fsp3) is 0.833. The van der Waals surface area contributed by atoms with E-state index >= 15 is 0 Å². The summed E-state index contributed by atoms with van der Waals surface area (Å²) in [7, 11) is -3.52. The Morgan fingerprint density at radius 2 is 1.50 bits per heavy atom. The standard InChI is InChI=1S/C6H5F6O5P/c7-5(8,9)1-3(2-6(10,11)12)16-4(13)17-18(14)15/h3H,1-2H2/p+1. The Hall–Kier alpha value is -1.09. The Morgan fingerprint density at radius 1 is 1.11 bits per heavy atom. The third-order valence-electron chi connectivity index (χ3n) is 1.33. The molecule has 18 heavy (non-hydrogen) atoms. The van der Waals surface area contributed by atoms with Crippen molar-refractivity contribution in [2.75, 3.05) is 0 Å². The minimum Gasteiger partial charge on any atom is -0.427 e. The van der Waals surface area contributed by atoms with Gasteiger partial charge in [-0.05, 0) is 0 Å². The summed E-state index contributed by atoms with van der Waals surface area (Å²) in [6, 6.07) is 0. The molecule has 1 atom stereocenters. The predicted octanol–water partition coefficient (Wildman–Crippen LogP) is 3.06. The number of alkyl halides is 6. The molecule has 106 valence electrons. The molecule has 0 aromatic carbocycles. The van der Waals surface area contributed by atoms with Crippen LogP contribution in [0.2, 0.25) is 0 Å². The van der Waals surface area contributed by atoms with Gasteiger partial charge in [0, 0.05) is 4.57 Å². The van der Waals surface area contributed by atoms with E-state index in [1.165, 1.54) is 0 Å². The Labute approximate surface area is 96.6 Å². The third-order valence-corrected chi connectivity index (χ3v) is 1.64. The second-order valence-electron chi connectivity index (χ2n) is 2.96. The average molecular weight is 303 g/mol. The van der Waals surface area contributed by atoms with Crippen LogP contribution in [0.25, 0.3) is 0 Å². The summed E-state index contributed by atoms with van der Waals surface area (Å²) in [5.74, 6) is 0. The molecule has 0 aliphatic carbocycles. The van der Waals surface area contributed by atoms with Crippen molar-refractivity contribution >= 4 is 14.4 Å². The van der Waals surface area contributed by atoms with Crippen LogP contribution in [-0.2, 0) is 13.8 Å². The Bertz CT molecular complexity index is 297. The zero-order valence-electron chi connectivity index (χ0n) is 8.29. The van der Waals surface area contributed by atoms with Gasteiger partial charge in [-0.1, -0.05) is 0 Å². The van der Waals surface area contributed by atoms with Crippen LogP contribution in [0.1, 0.15) is 12.8 Å². The molecule has 0 rings (SSSR count). The second-order valence-corrected chi connectivity index (χ2v) is 3.62. The van der Waals surface area contributed by atoms with Gasteiger partial charge < -0.3 is 4.74 Å². The molecule has 0 aliphatic rings. The van der Waals surface area contributed by atoms with Crippen molar-refractivity contribution in [2.24, 2.45) is 0 Å². The molecule has 0 aromatic heterocycles. The number of halogens is 6. The van der Waals surface area contributed by atoms with Crippen LogP contribution < -0.4 is 0 Å². The first-order valence-corrected chi connectivity index (χ1v) is 5.20.